The summed E-state index contributed by atoms with van der Waals surface area (Å²) in [6, 6.07) is 0. The summed E-state index contributed by atoms with van der Waals surface area (Å²) in [6.45, 7) is 4.97. The summed E-state index contributed by atoms with van der Waals surface area (Å²) in [7, 11) is 0. The highest BCUT2D eigenvalue weighted by molar-refractivity contribution is 6.28. The van der Waals surface area contributed by atoms with E-state index in [9.17, 15) is 0 Å². The highest BCUT2D eigenvalue weighted by Crippen LogP contribution is 2.16. The summed E-state index contributed by atoms with van der Waals surface area (Å²) < 4.78 is 5.33. The van der Waals surface area contributed by atoms with E-state index in [1.807, 2.05) is 0 Å². The Morgan fingerprint density at radius 3 is 2.45 bits per heavy atom. The quantitative estimate of drug-likeness (QED) is 0.898. The minimum absolute atomic E-state index is 0.223. The van der Waals surface area contributed by atoms with E-state index in [1.165, 1.54) is 19.3 Å². The lowest BCUT2D eigenvalue weighted by Gasteiger charge is -2.29. The molecule has 2 saturated heterocycles. The van der Waals surface area contributed by atoms with E-state index in [2.05, 4.69) is 30.3 Å². The molecule has 3 heterocycles. The van der Waals surface area contributed by atoms with Crippen molar-refractivity contribution in [3.63, 3.8) is 0 Å². The van der Waals surface area contributed by atoms with Gasteiger partial charge in [0.1, 0.15) is 0 Å². The van der Waals surface area contributed by atoms with Crippen LogP contribution in [0, 0.1) is 0 Å². The largest absolute Gasteiger partial charge is 0.378 e. The number of nitrogens with one attached hydrogen (secondary N) is 1. The van der Waals surface area contributed by atoms with Gasteiger partial charge in [-0.3, -0.25) is 5.43 Å². The van der Waals surface area contributed by atoms with E-state index in [0.29, 0.717) is 25.1 Å². The average molecular weight is 299 g/mol. The molecule has 3 rings (SSSR count). The first-order valence-electron chi connectivity index (χ1n) is 7.07. The molecule has 1 aromatic rings. The van der Waals surface area contributed by atoms with Gasteiger partial charge < -0.3 is 9.64 Å². The molecule has 110 valence electrons. The van der Waals surface area contributed by atoms with Crippen LogP contribution in [0.5, 0.6) is 0 Å². The molecular formula is C12H19ClN6O. The van der Waals surface area contributed by atoms with Crippen molar-refractivity contribution >= 4 is 23.5 Å². The van der Waals surface area contributed by atoms with Crippen molar-refractivity contribution in [3.8, 4) is 0 Å². The molecule has 0 atom stereocenters. The molecule has 7 nitrogen and oxygen atoms in total. The Morgan fingerprint density at radius 2 is 1.70 bits per heavy atom. The minimum atomic E-state index is 0.223. The van der Waals surface area contributed by atoms with Crippen molar-refractivity contribution in [2.45, 2.75) is 19.3 Å². The zero-order chi connectivity index (χ0) is 13.8. The zero-order valence-electron chi connectivity index (χ0n) is 11.4. The molecular weight excluding hydrogens is 280 g/mol. The highest BCUT2D eigenvalue weighted by atomic mass is 35.5. The summed E-state index contributed by atoms with van der Waals surface area (Å²) in [6.07, 6.45) is 3.68. The number of halogens is 1. The van der Waals surface area contributed by atoms with Gasteiger partial charge in [-0.25, -0.2) is 5.01 Å². The molecule has 2 aliphatic rings. The Morgan fingerprint density at radius 1 is 0.950 bits per heavy atom. The van der Waals surface area contributed by atoms with Gasteiger partial charge in [-0.15, -0.1) is 0 Å². The van der Waals surface area contributed by atoms with Gasteiger partial charge in [-0.1, -0.05) is 6.42 Å². The van der Waals surface area contributed by atoms with E-state index >= 15 is 0 Å². The number of aromatic nitrogens is 3. The zero-order valence-corrected chi connectivity index (χ0v) is 12.1. The van der Waals surface area contributed by atoms with E-state index in [-0.39, 0.29) is 5.28 Å². The van der Waals surface area contributed by atoms with Crippen LogP contribution in [0.25, 0.3) is 0 Å². The molecule has 0 bridgehead atoms. The van der Waals surface area contributed by atoms with Crippen molar-refractivity contribution in [1.82, 2.24) is 20.0 Å². The molecule has 0 radical (unpaired) electrons. The fraction of sp³-hybridized carbons (Fsp3) is 0.750. The maximum atomic E-state index is 6.01. The first kappa shape index (κ1) is 13.8. The van der Waals surface area contributed by atoms with Crippen LogP contribution in [-0.4, -0.2) is 59.4 Å². The van der Waals surface area contributed by atoms with E-state index in [4.69, 9.17) is 16.3 Å². The molecule has 2 aliphatic heterocycles. The topological polar surface area (TPSA) is 66.4 Å². The van der Waals surface area contributed by atoms with Crippen LogP contribution in [0.3, 0.4) is 0 Å². The molecule has 20 heavy (non-hydrogen) atoms. The standard InChI is InChI=1S/C12H19ClN6O/c13-10-14-11(17-19-4-2-1-3-5-19)16-12(15-10)18-6-8-20-9-7-18/h1-9H2,(H,14,15,16,17). The van der Waals surface area contributed by atoms with Crippen LogP contribution < -0.4 is 10.3 Å². The lowest BCUT2D eigenvalue weighted by atomic mass is 10.2. The van der Waals surface area contributed by atoms with Gasteiger partial charge in [0.25, 0.3) is 0 Å². The van der Waals surface area contributed by atoms with Crippen LogP contribution in [0.1, 0.15) is 19.3 Å². The molecule has 0 aromatic carbocycles. The molecule has 0 amide bonds. The predicted octanol–water partition coefficient (Wildman–Crippen LogP) is 1.17. The van der Waals surface area contributed by atoms with Gasteiger partial charge in [0, 0.05) is 26.2 Å². The lowest BCUT2D eigenvalue weighted by Crippen LogP contribution is -2.38. The maximum Gasteiger partial charge on any atom is 0.243 e. The second-order valence-electron chi connectivity index (χ2n) is 4.99. The highest BCUT2D eigenvalue weighted by Gasteiger charge is 2.17. The summed E-state index contributed by atoms with van der Waals surface area (Å²) in [5, 5.41) is 2.36. The Bertz CT molecular complexity index is 448. The third-order valence-electron chi connectivity index (χ3n) is 3.50. The van der Waals surface area contributed by atoms with Crippen LogP contribution >= 0.6 is 11.6 Å². The van der Waals surface area contributed by atoms with Gasteiger partial charge >= 0.3 is 0 Å². The molecule has 0 spiro atoms. The van der Waals surface area contributed by atoms with E-state index in [1.54, 1.807) is 0 Å². The number of nitrogens with zero attached hydrogens (tertiary/aromatic N) is 5. The molecule has 1 N–H and O–H groups in total. The Balaban J connectivity index is 1.71. The normalized spacial score (nSPS) is 20.9. The average Bonchev–Trinajstić information content (AvgIpc) is 2.49. The number of ether oxygens (including phenoxy) is 1. The number of piperidine rings is 1. The van der Waals surface area contributed by atoms with Crippen molar-refractivity contribution in [2.75, 3.05) is 49.7 Å². The Kier molecular flexibility index (Phi) is 4.49. The second-order valence-corrected chi connectivity index (χ2v) is 5.33. The van der Waals surface area contributed by atoms with E-state index < -0.39 is 0 Å². The molecule has 0 unspecified atom stereocenters. The van der Waals surface area contributed by atoms with Gasteiger partial charge in [-0.05, 0) is 24.4 Å². The Hall–Kier alpha value is -1.18. The smallest absolute Gasteiger partial charge is 0.243 e. The lowest BCUT2D eigenvalue weighted by molar-refractivity contribution is 0.122. The van der Waals surface area contributed by atoms with Crippen molar-refractivity contribution < 1.29 is 4.74 Å². The predicted molar refractivity (Wildman–Crippen MR) is 76.9 cm³/mol. The molecule has 0 aliphatic carbocycles. The summed E-state index contributed by atoms with van der Waals surface area (Å²) in [5.74, 6) is 1.14. The van der Waals surface area contributed by atoms with Crippen molar-refractivity contribution in [2.24, 2.45) is 0 Å². The maximum absolute atomic E-state index is 6.01. The fourth-order valence-electron chi connectivity index (χ4n) is 2.44. The van der Waals surface area contributed by atoms with Gasteiger partial charge in [0.15, 0.2) is 0 Å². The number of hydrogen-bond acceptors (Lipinski definition) is 7. The van der Waals surface area contributed by atoms with Crippen LogP contribution in [0.4, 0.5) is 11.9 Å². The van der Waals surface area contributed by atoms with Crippen molar-refractivity contribution in [3.05, 3.63) is 5.28 Å². The van der Waals surface area contributed by atoms with Gasteiger partial charge in [0.05, 0.1) is 13.2 Å². The number of rotatable bonds is 3. The fourth-order valence-corrected chi connectivity index (χ4v) is 2.60. The SMILES string of the molecule is Clc1nc(NN2CCCCC2)nc(N2CCOCC2)n1. The molecule has 0 saturated carbocycles. The van der Waals surface area contributed by atoms with Gasteiger partial charge in [0.2, 0.25) is 17.2 Å². The summed E-state index contributed by atoms with van der Waals surface area (Å²) in [5.41, 5.74) is 3.23. The van der Waals surface area contributed by atoms with Crippen LogP contribution in [0.2, 0.25) is 5.28 Å². The van der Waals surface area contributed by atoms with Crippen LogP contribution in [0.15, 0.2) is 0 Å². The minimum Gasteiger partial charge on any atom is -0.378 e. The first-order chi connectivity index (χ1) is 9.81. The monoisotopic (exact) mass is 298 g/mol. The summed E-state index contributed by atoms with van der Waals surface area (Å²) in [4.78, 5) is 14.9. The Labute approximate surface area is 123 Å². The molecule has 8 heteroatoms. The third kappa shape index (κ3) is 3.47. The van der Waals surface area contributed by atoms with E-state index in [0.717, 1.165) is 26.2 Å². The number of anilines is 2. The number of morpholine rings is 1. The number of hydrazine groups is 1. The first-order valence-corrected chi connectivity index (χ1v) is 7.45. The van der Waals surface area contributed by atoms with Crippen LogP contribution in [-0.2, 0) is 4.74 Å². The molecule has 1 aromatic heterocycles. The third-order valence-corrected chi connectivity index (χ3v) is 3.67. The number of hydrogen-bond donors (Lipinski definition) is 1. The summed E-state index contributed by atoms with van der Waals surface area (Å²) >= 11 is 6.01. The van der Waals surface area contributed by atoms with Crippen molar-refractivity contribution in [1.29, 1.82) is 0 Å². The molecule has 2 fully saturated rings. The van der Waals surface area contributed by atoms with Gasteiger partial charge in [-0.2, -0.15) is 15.0 Å². The second kappa shape index (κ2) is 6.51.